The SMILES string of the molecule is NC(=O)COCCNc1cc(C(N)=O)c(N)cc1F. The molecule has 0 radical (unpaired) electrons. The molecule has 7 nitrogen and oxygen atoms in total. The smallest absolute Gasteiger partial charge is 0.250 e. The summed E-state index contributed by atoms with van der Waals surface area (Å²) < 4.78 is 18.4. The Bertz CT molecular complexity index is 493. The first-order chi connectivity index (χ1) is 8.91. The average Bonchev–Trinajstić information content (AvgIpc) is 2.30. The number of nitrogens with one attached hydrogen (secondary N) is 1. The molecule has 2 amide bonds. The number of anilines is 2. The second kappa shape index (κ2) is 6.55. The number of benzene rings is 1. The van der Waals surface area contributed by atoms with Gasteiger partial charge in [0.2, 0.25) is 5.91 Å². The Morgan fingerprint density at radius 3 is 2.58 bits per heavy atom. The third-order valence-electron chi connectivity index (χ3n) is 2.21. The summed E-state index contributed by atoms with van der Waals surface area (Å²) in [6.45, 7) is 0.170. The van der Waals surface area contributed by atoms with Crippen molar-refractivity contribution in [3.05, 3.63) is 23.5 Å². The van der Waals surface area contributed by atoms with E-state index in [0.29, 0.717) is 0 Å². The van der Waals surface area contributed by atoms with Crippen molar-refractivity contribution in [2.75, 3.05) is 30.8 Å². The van der Waals surface area contributed by atoms with Gasteiger partial charge in [0.05, 0.1) is 17.9 Å². The van der Waals surface area contributed by atoms with Crippen LogP contribution in [0.4, 0.5) is 15.8 Å². The van der Waals surface area contributed by atoms with Crippen LogP contribution in [0.15, 0.2) is 12.1 Å². The van der Waals surface area contributed by atoms with Gasteiger partial charge in [-0.3, -0.25) is 9.59 Å². The molecule has 1 aromatic rings. The summed E-state index contributed by atoms with van der Waals surface area (Å²) in [5.74, 6) is -1.95. The number of rotatable bonds is 7. The monoisotopic (exact) mass is 270 g/mol. The minimum Gasteiger partial charge on any atom is -0.398 e. The van der Waals surface area contributed by atoms with E-state index in [9.17, 15) is 14.0 Å². The second-order valence-electron chi connectivity index (χ2n) is 3.73. The van der Waals surface area contributed by atoms with Crippen LogP contribution >= 0.6 is 0 Å². The van der Waals surface area contributed by atoms with Gasteiger partial charge in [-0.1, -0.05) is 0 Å². The number of nitrogen functional groups attached to an aromatic ring is 1. The molecule has 0 saturated carbocycles. The lowest BCUT2D eigenvalue weighted by atomic mass is 10.1. The zero-order valence-corrected chi connectivity index (χ0v) is 10.1. The largest absolute Gasteiger partial charge is 0.398 e. The van der Waals surface area contributed by atoms with E-state index < -0.39 is 17.6 Å². The van der Waals surface area contributed by atoms with E-state index in [2.05, 4.69) is 5.32 Å². The third-order valence-corrected chi connectivity index (χ3v) is 2.21. The van der Waals surface area contributed by atoms with Gasteiger partial charge in [0.15, 0.2) is 0 Å². The summed E-state index contributed by atoms with van der Waals surface area (Å²) in [4.78, 5) is 21.4. The topological polar surface area (TPSA) is 133 Å². The fourth-order valence-corrected chi connectivity index (χ4v) is 1.37. The van der Waals surface area contributed by atoms with Gasteiger partial charge in [-0.2, -0.15) is 0 Å². The molecule has 1 rings (SSSR count). The van der Waals surface area contributed by atoms with E-state index in [1.54, 1.807) is 0 Å². The molecule has 1 aromatic carbocycles. The van der Waals surface area contributed by atoms with Crippen LogP contribution in [-0.4, -0.2) is 31.6 Å². The minimum absolute atomic E-state index is 0.0273. The van der Waals surface area contributed by atoms with Gasteiger partial charge in [0, 0.05) is 12.2 Å². The molecule has 0 heterocycles. The number of carbonyl (C=O) groups is 2. The van der Waals surface area contributed by atoms with Gasteiger partial charge < -0.3 is 27.3 Å². The van der Waals surface area contributed by atoms with Crippen molar-refractivity contribution in [1.29, 1.82) is 0 Å². The summed E-state index contributed by atoms with van der Waals surface area (Å²) >= 11 is 0. The molecule has 0 aliphatic rings. The van der Waals surface area contributed by atoms with E-state index in [0.717, 1.165) is 6.07 Å². The van der Waals surface area contributed by atoms with Gasteiger partial charge in [-0.05, 0) is 12.1 Å². The maximum absolute atomic E-state index is 13.5. The predicted molar refractivity (Wildman–Crippen MR) is 67.8 cm³/mol. The van der Waals surface area contributed by atoms with Crippen LogP contribution in [0.3, 0.4) is 0 Å². The first kappa shape index (κ1) is 14.7. The minimum atomic E-state index is -0.745. The molecule has 0 saturated heterocycles. The van der Waals surface area contributed by atoms with Gasteiger partial charge in [0.25, 0.3) is 5.91 Å². The molecule has 104 valence electrons. The lowest BCUT2D eigenvalue weighted by Gasteiger charge is -2.10. The zero-order valence-electron chi connectivity index (χ0n) is 10.1. The maximum Gasteiger partial charge on any atom is 0.250 e. The Balaban J connectivity index is 2.60. The lowest BCUT2D eigenvalue weighted by Crippen LogP contribution is -2.21. The number of nitrogens with two attached hydrogens (primary N) is 3. The normalized spacial score (nSPS) is 10.2. The summed E-state index contributed by atoms with van der Waals surface area (Å²) in [5.41, 5.74) is 15.5. The molecule has 19 heavy (non-hydrogen) atoms. The number of hydrogen-bond donors (Lipinski definition) is 4. The van der Waals surface area contributed by atoms with Gasteiger partial charge in [-0.25, -0.2) is 4.39 Å². The number of ether oxygens (including phenoxy) is 1. The van der Waals surface area contributed by atoms with E-state index in [1.165, 1.54) is 6.07 Å². The molecular formula is C11H15FN4O3. The summed E-state index contributed by atoms with van der Waals surface area (Å²) in [6, 6.07) is 2.23. The van der Waals surface area contributed by atoms with E-state index in [-0.39, 0.29) is 36.7 Å². The average molecular weight is 270 g/mol. The van der Waals surface area contributed by atoms with Crippen molar-refractivity contribution in [3.8, 4) is 0 Å². The summed E-state index contributed by atoms with van der Waals surface area (Å²) in [7, 11) is 0. The highest BCUT2D eigenvalue weighted by molar-refractivity contribution is 5.99. The quantitative estimate of drug-likeness (QED) is 0.388. The Hall–Kier alpha value is -2.35. The molecule has 0 unspecified atom stereocenters. The van der Waals surface area contributed by atoms with E-state index in [4.69, 9.17) is 21.9 Å². The van der Waals surface area contributed by atoms with E-state index >= 15 is 0 Å². The van der Waals surface area contributed by atoms with Gasteiger partial charge in [-0.15, -0.1) is 0 Å². The Morgan fingerprint density at radius 1 is 1.32 bits per heavy atom. The molecule has 0 bridgehead atoms. The van der Waals surface area contributed by atoms with Crippen molar-refractivity contribution in [1.82, 2.24) is 0 Å². The highest BCUT2D eigenvalue weighted by Gasteiger charge is 2.11. The highest BCUT2D eigenvalue weighted by atomic mass is 19.1. The first-order valence-corrected chi connectivity index (χ1v) is 5.40. The molecule has 0 aliphatic carbocycles. The van der Waals surface area contributed by atoms with Gasteiger partial charge in [0.1, 0.15) is 12.4 Å². The predicted octanol–water partition coefficient (Wildman–Crippen LogP) is -0.579. The fourth-order valence-electron chi connectivity index (χ4n) is 1.37. The first-order valence-electron chi connectivity index (χ1n) is 5.40. The molecule has 7 N–H and O–H groups in total. The van der Waals surface area contributed by atoms with Crippen LogP contribution < -0.4 is 22.5 Å². The Morgan fingerprint density at radius 2 is 2.00 bits per heavy atom. The summed E-state index contributed by atoms with van der Waals surface area (Å²) in [6.07, 6.45) is 0. The van der Waals surface area contributed by atoms with Crippen molar-refractivity contribution in [2.24, 2.45) is 11.5 Å². The number of carbonyl (C=O) groups excluding carboxylic acids is 2. The number of primary amides is 2. The molecule has 0 aliphatic heterocycles. The fraction of sp³-hybridized carbons (Fsp3) is 0.273. The highest BCUT2D eigenvalue weighted by Crippen LogP contribution is 2.21. The summed E-state index contributed by atoms with van der Waals surface area (Å²) in [5, 5.41) is 2.69. The number of halogens is 1. The lowest BCUT2D eigenvalue weighted by molar-refractivity contribution is -0.122. The number of amides is 2. The van der Waals surface area contributed by atoms with Crippen molar-refractivity contribution >= 4 is 23.2 Å². The van der Waals surface area contributed by atoms with Crippen LogP contribution in [0.2, 0.25) is 0 Å². The molecule has 8 heteroatoms. The maximum atomic E-state index is 13.5. The molecule has 0 atom stereocenters. The third kappa shape index (κ3) is 4.43. The van der Waals surface area contributed by atoms with Crippen LogP contribution in [0.5, 0.6) is 0 Å². The zero-order chi connectivity index (χ0) is 14.4. The van der Waals surface area contributed by atoms with Gasteiger partial charge >= 0.3 is 0 Å². The molecule has 0 fully saturated rings. The van der Waals surface area contributed by atoms with Crippen LogP contribution in [-0.2, 0) is 9.53 Å². The van der Waals surface area contributed by atoms with Crippen molar-refractivity contribution in [2.45, 2.75) is 0 Å². The number of hydrogen-bond acceptors (Lipinski definition) is 5. The second-order valence-corrected chi connectivity index (χ2v) is 3.73. The van der Waals surface area contributed by atoms with Crippen molar-refractivity contribution < 1.29 is 18.7 Å². The molecular weight excluding hydrogens is 255 g/mol. The van der Waals surface area contributed by atoms with E-state index in [1.807, 2.05) is 0 Å². The molecule has 0 spiro atoms. The Kier molecular flexibility index (Phi) is 5.07. The molecule has 0 aromatic heterocycles. The standard InChI is InChI=1S/C11H15FN4O3/c12-7-4-8(13)6(11(15)18)3-9(7)16-1-2-19-5-10(14)17/h3-4,16H,1-2,5,13H2,(H2,14,17)(H2,15,18). The van der Waals surface area contributed by atoms with Crippen LogP contribution in [0.25, 0.3) is 0 Å². The Labute approximate surface area is 108 Å². The van der Waals surface area contributed by atoms with Crippen molar-refractivity contribution in [3.63, 3.8) is 0 Å². The van der Waals surface area contributed by atoms with Crippen LogP contribution in [0, 0.1) is 5.82 Å². The van der Waals surface area contributed by atoms with Crippen LogP contribution in [0.1, 0.15) is 10.4 Å².